The van der Waals surface area contributed by atoms with Crippen molar-refractivity contribution in [2.75, 3.05) is 39.3 Å². The van der Waals surface area contributed by atoms with Crippen molar-refractivity contribution in [3.8, 4) is 0 Å². The summed E-state index contributed by atoms with van der Waals surface area (Å²) in [6.45, 7) is 9.60. The van der Waals surface area contributed by atoms with Gasteiger partial charge in [0.15, 0.2) is 0 Å². The van der Waals surface area contributed by atoms with Crippen molar-refractivity contribution in [2.45, 2.75) is 73.1 Å². The quantitative estimate of drug-likeness (QED) is 0.118. The Balaban J connectivity index is 0.00000132. The third-order valence-corrected chi connectivity index (χ3v) is 7.44. The summed E-state index contributed by atoms with van der Waals surface area (Å²) in [5.41, 5.74) is 1.32. The summed E-state index contributed by atoms with van der Waals surface area (Å²) in [5.74, 6) is -2.40. The number of rotatable bonds is 18. The van der Waals surface area contributed by atoms with Crippen molar-refractivity contribution >= 4 is 41.4 Å². The van der Waals surface area contributed by atoms with Crippen LogP contribution in [-0.4, -0.2) is 85.5 Å². The summed E-state index contributed by atoms with van der Waals surface area (Å²) in [4.78, 5) is 84.6. The van der Waals surface area contributed by atoms with Gasteiger partial charge in [0, 0.05) is 31.8 Å². The molecule has 1 aromatic carbocycles. The third-order valence-electron chi connectivity index (χ3n) is 7.44. The summed E-state index contributed by atoms with van der Waals surface area (Å²) < 4.78 is 0. The first kappa shape index (κ1) is 39.7. The molecule has 13 heteroatoms. The number of hydrogen-bond acceptors (Lipinski definition) is 7. The molecule has 1 fully saturated rings. The normalized spacial score (nSPS) is 14.6. The first-order chi connectivity index (χ1) is 21.8. The third kappa shape index (κ3) is 17.3. The molecule has 256 valence electrons. The van der Waals surface area contributed by atoms with E-state index in [2.05, 4.69) is 45.6 Å². The largest absolute Gasteiger partial charge is 0.354 e. The second-order valence-electron chi connectivity index (χ2n) is 11.8. The number of nitrogens with one attached hydrogen (secondary N) is 5. The van der Waals surface area contributed by atoms with Gasteiger partial charge in [-0.15, -0.1) is 0 Å². The lowest BCUT2D eigenvalue weighted by atomic mass is 9.94. The van der Waals surface area contributed by atoms with Crippen molar-refractivity contribution in [1.29, 1.82) is 0 Å². The van der Waals surface area contributed by atoms with Crippen LogP contribution in [0.3, 0.4) is 0 Å². The van der Waals surface area contributed by atoms with Crippen LogP contribution in [0, 0.1) is 24.7 Å². The number of aryl methyl sites for hydroxylation is 1. The Kier molecular flexibility index (Phi) is 19.2. The molecule has 1 saturated heterocycles. The zero-order valence-electron chi connectivity index (χ0n) is 27.9. The van der Waals surface area contributed by atoms with Crippen molar-refractivity contribution in [3.05, 3.63) is 35.9 Å². The zero-order valence-corrected chi connectivity index (χ0v) is 27.9. The topological polar surface area (TPSA) is 183 Å². The van der Waals surface area contributed by atoms with Gasteiger partial charge in [-0.05, 0) is 31.6 Å². The molecule has 1 heterocycles. The van der Waals surface area contributed by atoms with E-state index in [9.17, 15) is 33.6 Å². The minimum atomic E-state index is -0.597. The summed E-state index contributed by atoms with van der Waals surface area (Å²) in [5, 5.41) is 12.2. The van der Waals surface area contributed by atoms with E-state index >= 15 is 0 Å². The molecule has 0 radical (unpaired) electrons. The Morgan fingerprint density at radius 1 is 0.739 bits per heavy atom. The Morgan fingerprint density at radius 3 is 1.67 bits per heavy atom. The summed E-state index contributed by atoms with van der Waals surface area (Å²) in [6.07, 6.45) is 3.18. The van der Waals surface area contributed by atoms with Gasteiger partial charge in [-0.25, -0.2) is 0 Å². The van der Waals surface area contributed by atoms with Crippen LogP contribution in [-0.2, 0) is 33.6 Å². The van der Waals surface area contributed by atoms with E-state index < -0.39 is 17.7 Å². The number of nitrogens with zero attached hydrogens (tertiary/aromatic N) is 1. The lowest BCUT2D eigenvalue weighted by molar-refractivity contribution is -0.140. The molecule has 5 N–H and O–H groups in total. The maximum Gasteiger partial charge on any atom is 0.239 e. The van der Waals surface area contributed by atoms with E-state index in [1.54, 1.807) is 0 Å². The molecule has 0 saturated carbocycles. The van der Waals surface area contributed by atoms with Crippen LogP contribution < -0.4 is 26.6 Å². The SMILES string of the molecule is CCC(C)CNC(=O)CNC(=O)CNC(=O)CNC(=O)CNC(=O)CCCCCN1C(=O)CC(C(C)C)C1=O.Cc1ccccc1. The molecule has 46 heavy (non-hydrogen) atoms. The van der Waals surface area contributed by atoms with Crippen LogP contribution in [0.1, 0.15) is 71.8 Å². The molecule has 0 aromatic heterocycles. The van der Waals surface area contributed by atoms with Gasteiger partial charge in [0.2, 0.25) is 41.4 Å². The van der Waals surface area contributed by atoms with Crippen molar-refractivity contribution < 1.29 is 33.6 Å². The summed E-state index contributed by atoms with van der Waals surface area (Å²) in [7, 11) is 0. The summed E-state index contributed by atoms with van der Waals surface area (Å²) in [6, 6.07) is 10.3. The van der Waals surface area contributed by atoms with E-state index in [1.807, 2.05) is 45.9 Å². The second kappa shape index (κ2) is 22.3. The number of hydrogen-bond donors (Lipinski definition) is 5. The zero-order chi connectivity index (χ0) is 34.5. The van der Waals surface area contributed by atoms with Crippen LogP contribution in [0.4, 0.5) is 0 Å². The molecule has 1 aliphatic rings. The predicted octanol–water partition coefficient (Wildman–Crippen LogP) is 1.20. The fourth-order valence-corrected chi connectivity index (χ4v) is 4.22. The fourth-order valence-electron chi connectivity index (χ4n) is 4.22. The molecule has 1 aliphatic heterocycles. The van der Waals surface area contributed by atoms with E-state index in [-0.39, 0.29) is 74.5 Å². The highest BCUT2D eigenvalue weighted by Gasteiger charge is 2.39. The highest BCUT2D eigenvalue weighted by molar-refractivity contribution is 6.03. The van der Waals surface area contributed by atoms with E-state index in [0.29, 0.717) is 38.3 Å². The number of imide groups is 1. The van der Waals surface area contributed by atoms with Crippen LogP contribution in [0.2, 0.25) is 0 Å². The molecule has 7 amide bonds. The highest BCUT2D eigenvalue weighted by Crippen LogP contribution is 2.26. The molecule has 13 nitrogen and oxygen atoms in total. The maximum atomic E-state index is 12.3. The average Bonchev–Trinajstić information content (AvgIpc) is 3.32. The average molecular weight is 645 g/mol. The van der Waals surface area contributed by atoms with Gasteiger partial charge in [0.05, 0.1) is 26.2 Å². The van der Waals surface area contributed by atoms with Gasteiger partial charge >= 0.3 is 0 Å². The number of amides is 7. The van der Waals surface area contributed by atoms with E-state index in [4.69, 9.17) is 0 Å². The summed E-state index contributed by atoms with van der Waals surface area (Å²) >= 11 is 0. The molecule has 0 bridgehead atoms. The number of unbranched alkanes of at least 4 members (excludes halogenated alkanes) is 2. The molecular weight excluding hydrogens is 592 g/mol. The Bertz CT molecular complexity index is 1160. The van der Waals surface area contributed by atoms with Gasteiger partial charge < -0.3 is 26.6 Å². The van der Waals surface area contributed by atoms with Gasteiger partial charge in [-0.3, -0.25) is 38.5 Å². The predicted molar refractivity (Wildman–Crippen MR) is 174 cm³/mol. The second-order valence-corrected chi connectivity index (χ2v) is 11.8. The maximum absolute atomic E-state index is 12.3. The molecule has 2 unspecified atom stereocenters. The van der Waals surface area contributed by atoms with Gasteiger partial charge in [0.1, 0.15) is 0 Å². The van der Waals surface area contributed by atoms with Crippen molar-refractivity contribution in [1.82, 2.24) is 31.5 Å². The van der Waals surface area contributed by atoms with E-state index in [1.165, 1.54) is 10.5 Å². The molecule has 0 aliphatic carbocycles. The van der Waals surface area contributed by atoms with Crippen LogP contribution >= 0.6 is 0 Å². The van der Waals surface area contributed by atoms with E-state index in [0.717, 1.165) is 6.42 Å². The molecular formula is C33H52N6O7. The Morgan fingerprint density at radius 2 is 1.24 bits per heavy atom. The minimum Gasteiger partial charge on any atom is -0.354 e. The monoisotopic (exact) mass is 644 g/mol. The number of carbonyl (C=O) groups excluding carboxylic acids is 7. The smallest absolute Gasteiger partial charge is 0.239 e. The van der Waals surface area contributed by atoms with Crippen LogP contribution in [0.25, 0.3) is 0 Å². The van der Waals surface area contributed by atoms with Crippen molar-refractivity contribution in [2.24, 2.45) is 17.8 Å². The molecule has 0 spiro atoms. The Hall–Kier alpha value is -4.29. The minimum absolute atomic E-state index is 0.118. The van der Waals surface area contributed by atoms with Crippen molar-refractivity contribution in [3.63, 3.8) is 0 Å². The molecule has 2 rings (SSSR count). The number of benzene rings is 1. The van der Waals surface area contributed by atoms with Crippen LogP contribution in [0.15, 0.2) is 30.3 Å². The standard InChI is InChI=1S/C26H44N6O7.C7H8/c1-5-18(4)12-27-21(34)14-29-23(36)16-31-24(37)15-30-22(35)13-28-20(33)9-7-6-8-10-32-25(38)11-19(17(2)3)26(32)39;1-7-5-3-2-4-6-7/h17-19H,5-16H2,1-4H3,(H,27,34)(H,28,33)(H,29,36)(H,30,35)(H,31,37);2-6H,1H3. The van der Waals surface area contributed by atoms with Gasteiger partial charge in [0.25, 0.3) is 0 Å². The Labute approximate surface area is 272 Å². The first-order valence-corrected chi connectivity index (χ1v) is 16.0. The first-order valence-electron chi connectivity index (χ1n) is 16.0. The lowest BCUT2D eigenvalue weighted by Crippen LogP contribution is -2.45. The molecule has 1 aromatic rings. The lowest BCUT2D eigenvalue weighted by Gasteiger charge is -2.16. The van der Waals surface area contributed by atoms with Gasteiger partial charge in [-0.2, -0.15) is 0 Å². The molecule has 2 atom stereocenters. The van der Waals surface area contributed by atoms with Crippen LogP contribution in [0.5, 0.6) is 0 Å². The van der Waals surface area contributed by atoms with Gasteiger partial charge in [-0.1, -0.05) is 76.4 Å². The number of likely N-dealkylation sites (tertiary alicyclic amines) is 1. The fraction of sp³-hybridized carbons (Fsp3) is 0.606. The highest BCUT2D eigenvalue weighted by atomic mass is 16.2. The number of carbonyl (C=O) groups is 7.